The van der Waals surface area contributed by atoms with Gasteiger partial charge in [0.1, 0.15) is 0 Å². The van der Waals surface area contributed by atoms with Crippen LogP contribution in [0.5, 0.6) is 0 Å². The van der Waals surface area contributed by atoms with Crippen molar-refractivity contribution >= 4 is 23.1 Å². The summed E-state index contributed by atoms with van der Waals surface area (Å²) in [4.78, 5) is 0. The quantitative estimate of drug-likeness (QED) is 0.317. The molecule has 6 unspecified atom stereocenters. The highest BCUT2D eigenvalue weighted by Crippen LogP contribution is 2.60. The van der Waals surface area contributed by atoms with Gasteiger partial charge in [0.15, 0.2) is 0 Å². The number of fused-ring (bicyclic) bond motifs is 8. The lowest BCUT2D eigenvalue weighted by atomic mass is 9.24. The van der Waals surface area contributed by atoms with Gasteiger partial charge in [-0.25, -0.2) is 0 Å². The SMILES string of the molecule is CC1=CC2B3C4=C(OC5CCC(C)=CC35)C(C3C=CC=CC3)Cc3c4n(c4ccccc34)C2C=C1. The van der Waals surface area contributed by atoms with Crippen molar-refractivity contribution in [3.63, 3.8) is 0 Å². The molecule has 2 nitrogen and oxygen atoms in total. The van der Waals surface area contributed by atoms with Gasteiger partial charge in [-0.3, -0.25) is 0 Å². The Morgan fingerprint density at radius 2 is 1.94 bits per heavy atom. The van der Waals surface area contributed by atoms with E-state index in [2.05, 4.69) is 91.3 Å². The molecule has 1 aromatic carbocycles. The van der Waals surface area contributed by atoms with Crippen LogP contribution in [0.15, 0.2) is 89.8 Å². The molecule has 8 rings (SSSR count). The number of rotatable bonds is 1. The third kappa shape index (κ3) is 2.73. The first kappa shape index (κ1) is 20.3. The summed E-state index contributed by atoms with van der Waals surface area (Å²) in [5.41, 5.74) is 8.94. The molecule has 3 heteroatoms. The lowest BCUT2D eigenvalue weighted by Crippen LogP contribution is -2.49. The van der Waals surface area contributed by atoms with Gasteiger partial charge in [-0.15, -0.1) is 0 Å². The van der Waals surface area contributed by atoms with Gasteiger partial charge in [0.25, 0.3) is 0 Å². The maximum Gasteiger partial charge on any atom is 0.203 e. The topological polar surface area (TPSA) is 14.2 Å². The fourth-order valence-electron chi connectivity index (χ4n) is 8.26. The van der Waals surface area contributed by atoms with Gasteiger partial charge in [-0.1, -0.05) is 78.0 Å². The third-order valence-electron chi connectivity index (χ3n) is 9.70. The van der Waals surface area contributed by atoms with Gasteiger partial charge < -0.3 is 9.30 Å². The second kappa shape index (κ2) is 7.29. The first-order valence-corrected chi connectivity index (χ1v) is 13.6. The van der Waals surface area contributed by atoms with E-state index in [0.29, 0.717) is 42.3 Å². The molecule has 0 radical (unpaired) electrons. The van der Waals surface area contributed by atoms with Crippen molar-refractivity contribution < 1.29 is 4.74 Å². The van der Waals surface area contributed by atoms with Gasteiger partial charge in [0.05, 0.1) is 17.9 Å². The lowest BCUT2D eigenvalue weighted by Gasteiger charge is -2.51. The summed E-state index contributed by atoms with van der Waals surface area (Å²) in [6.07, 6.45) is 24.1. The normalized spacial score (nSPS) is 34.2. The molecule has 1 aromatic heterocycles. The van der Waals surface area contributed by atoms with E-state index in [1.54, 1.807) is 16.6 Å². The Kier molecular flexibility index (Phi) is 4.22. The highest BCUT2D eigenvalue weighted by molar-refractivity contribution is 6.83. The molecule has 0 saturated carbocycles. The van der Waals surface area contributed by atoms with Crippen LogP contribution in [0, 0.1) is 11.8 Å². The molecule has 6 atom stereocenters. The van der Waals surface area contributed by atoms with Crippen molar-refractivity contribution in [3.8, 4) is 0 Å². The van der Waals surface area contributed by atoms with Crippen LogP contribution in [0.25, 0.3) is 16.4 Å². The molecular weight excluding hydrogens is 425 g/mol. The van der Waals surface area contributed by atoms with Gasteiger partial charge in [0, 0.05) is 22.5 Å². The zero-order chi connectivity index (χ0) is 23.3. The molecule has 2 aromatic rings. The highest BCUT2D eigenvalue weighted by atomic mass is 16.5. The van der Waals surface area contributed by atoms with E-state index in [4.69, 9.17) is 4.74 Å². The van der Waals surface area contributed by atoms with E-state index >= 15 is 0 Å². The Bertz CT molecular complexity index is 1450. The fraction of sp³-hybridized carbons (Fsp3) is 0.375. The summed E-state index contributed by atoms with van der Waals surface area (Å²) in [7, 11) is 0. The first-order chi connectivity index (χ1) is 17.2. The summed E-state index contributed by atoms with van der Waals surface area (Å²) >= 11 is 0. The lowest BCUT2D eigenvalue weighted by molar-refractivity contribution is 0.0714. The van der Waals surface area contributed by atoms with E-state index in [-0.39, 0.29) is 0 Å². The molecule has 2 aliphatic heterocycles. The van der Waals surface area contributed by atoms with Gasteiger partial charge >= 0.3 is 0 Å². The summed E-state index contributed by atoms with van der Waals surface area (Å²) in [5, 5.41) is 1.45. The zero-order valence-electron chi connectivity index (χ0n) is 20.7. The standard InChI is InChI=1S/C32H32BNO/c1-19-12-14-28-25(16-19)33-26-17-20(2)13-15-29(26)35-32-23(21-8-4-3-5-9-21)18-24-22-10-6-7-11-27(22)34(28)31(24)30(32)33/h3-8,10-12,14,16-17,21,23,25-26,28-29H,9,13,15,18H2,1-2H3. The molecule has 174 valence electrons. The van der Waals surface area contributed by atoms with Crippen molar-refractivity contribution in [2.45, 2.75) is 63.3 Å². The zero-order valence-corrected chi connectivity index (χ0v) is 20.7. The van der Waals surface area contributed by atoms with Crippen LogP contribution >= 0.6 is 0 Å². The van der Waals surface area contributed by atoms with Crippen LogP contribution in [0.2, 0.25) is 11.6 Å². The Morgan fingerprint density at radius 3 is 2.83 bits per heavy atom. The van der Waals surface area contributed by atoms with E-state index in [0.717, 1.165) is 19.3 Å². The van der Waals surface area contributed by atoms with Crippen LogP contribution in [0.3, 0.4) is 0 Å². The molecular formula is C32H32BNO. The van der Waals surface area contributed by atoms with Gasteiger partial charge in [-0.05, 0) is 74.2 Å². The van der Waals surface area contributed by atoms with Crippen LogP contribution < -0.4 is 0 Å². The van der Waals surface area contributed by atoms with Crippen LogP contribution in [0.4, 0.5) is 0 Å². The number of para-hydroxylation sites is 1. The predicted molar refractivity (Wildman–Crippen MR) is 145 cm³/mol. The van der Waals surface area contributed by atoms with Gasteiger partial charge in [0.2, 0.25) is 6.71 Å². The molecule has 3 heterocycles. The number of allylic oxidation sites excluding steroid dienone is 10. The Morgan fingerprint density at radius 1 is 1.03 bits per heavy atom. The fourth-order valence-corrected chi connectivity index (χ4v) is 8.26. The largest absolute Gasteiger partial charge is 0.495 e. The van der Waals surface area contributed by atoms with Crippen molar-refractivity contribution in [1.29, 1.82) is 0 Å². The number of benzene rings is 1. The van der Waals surface area contributed by atoms with E-state index in [1.165, 1.54) is 34.3 Å². The van der Waals surface area contributed by atoms with E-state index in [1.807, 2.05) is 0 Å². The number of nitrogens with zero attached hydrogens (tertiary/aromatic N) is 1. The number of aromatic nitrogens is 1. The average molecular weight is 457 g/mol. The molecule has 0 spiro atoms. The first-order valence-electron chi connectivity index (χ1n) is 13.6. The minimum absolute atomic E-state index is 0.311. The monoisotopic (exact) mass is 457 g/mol. The third-order valence-corrected chi connectivity index (χ3v) is 9.70. The molecule has 35 heavy (non-hydrogen) atoms. The number of ether oxygens (including phenoxy) is 1. The maximum atomic E-state index is 7.15. The van der Waals surface area contributed by atoms with Crippen molar-refractivity contribution in [1.82, 2.24) is 4.57 Å². The smallest absolute Gasteiger partial charge is 0.203 e. The second-order valence-electron chi connectivity index (χ2n) is 11.7. The molecule has 0 bridgehead atoms. The molecule has 0 amide bonds. The second-order valence-corrected chi connectivity index (χ2v) is 11.7. The van der Waals surface area contributed by atoms with E-state index < -0.39 is 0 Å². The molecule has 4 aliphatic carbocycles. The minimum Gasteiger partial charge on any atom is -0.495 e. The van der Waals surface area contributed by atoms with Crippen LogP contribution in [-0.4, -0.2) is 17.4 Å². The number of hydrogen-bond acceptors (Lipinski definition) is 1. The molecule has 0 fully saturated rings. The van der Waals surface area contributed by atoms with Crippen LogP contribution in [-0.2, 0) is 11.2 Å². The summed E-state index contributed by atoms with van der Waals surface area (Å²) < 4.78 is 9.84. The highest BCUT2D eigenvalue weighted by Gasteiger charge is 2.55. The number of hydrogen-bond donors (Lipinski definition) is 0. The van der Waals surface area contributed by atoms with Crippen molar-refractivity contribution in [2.75, 3.05) is 0 Å². The average Bonchev–Trinajstić information content (AvgIpc) is 3.22. The Labute approximate surface area is 208 Å². The molecule has 0 N–H and O–H groups in total. The van der Waals surface area contributed by atoms with Crippen molar-refractivity contribution in [2.24, 2.45) is 11.8 Å². The van der Waals surface area contributed by atoms with Crippen molar-refractivity contribution in [3.05, 3.63) is 101 Å². The minimum atomic E-state index is 0.311. The Balaban J connectivity index is 1.45. The summed E-state index contributed by atoms with van der Waals surface area (Å²) in [6, 6.07) is 9.53. The predicted octanol–water partition coefficient (Wildman–Crippen LogP) is 7.64. The summed E-state index contributed by atoms with van der Waals surface area (Å²) in [6.45, 7) is 5.09. The Hall–Kier alpha value is -2.94. The molecule has 0 saturated heterocycles. The molecule has 6 aliphatic rings. The van der Waals surface area contributed by atoms with E-state index in [9.17, 15) is 0 Å². The van der Waals surface area contributed by atoms with Crippen LogP contribution in [0.1, 0.15) is 50.4 Å². The summed E-state index contributed by atoms with van der Waals surface area (Å²) in [5.74, 6) is 3.21. The van der Waals surface area contributed by atoms with Gasteiger partial charge in [-0.2, -0.15) is 0 Å². The maximum absolute atomic E-state index is 7.15.